The summed E-state index contributed by atoms with van der Waals surface area (Å²) in [7, 11) is 0. The smallest absolute Gasteiger partial charge is 0.286 e. The molecule has 0 spiro atoms. The third-order valence-electron chi connectivity index (χ3n) is 3.29. The second kappa shape index (κ2) is 5.43. The molecule has 0 aliphatic rings. The summed E-state index contributed by atoms with van der Waals surface area (Å²) < 4.78 is 2.88. The number of hydrogen-bond donors (Lipinski definition) is 2. The number of amides is 1. The molecule has 0 aromatic carbocycles. The van der Waals surface area contributed by atoms with Gasteiger partial charge in [0.1, 0.15) is 11.9 Å². The molecule has 0 aliphatic heterocycles. The van der Waals surface area contributed by atoms with Crippen molar-refractivity contribution in [2.45, 2.75) is 19.9 Å². The van der Waals surface area contributed by atoms with Crippen LogP contribution >= 0.6 is 0 Å². The van der Waals surface area contributed by atoms with Crippen molar-refractivity contribution in [3.05, 3.63) is 46.4 Å². The number of rotatable bonds is 4. The predicted octanol–water partition coefficient (Wildman–Crippen LogP) is -0.0865. The maximum absolute atomic E-state index is 12.1. The minimum atomic E-state index is -0.484. The van der Waals surface area contributed by atoms with E-state index >= 15 is 0 Å². The van der Waals surface area contributed by atoms with Gasteiger partial charge >= 0.3 is 0 Å². The fourth-order valence-corrected chi connectivity index (χ4v) is 2.06. The van der Waals surface area contributed by atoms with Gasteiger partial charge in [-0.1, -0.05) is 0 Å². The Bertz CT molecular complexity index is 876. The van der Waals surface area contributed by atoms with Gasteiger partial charge in [0.25, 0.3) is 17.2 Å². The monoisotopic (exact) mass is 301 g/mol. The number of hydrogen-bond acceptors (Lipinski definition) is 5. The van der Waals surface area contributed by atoms with Gasteiger partial charge in [-0.3, -0.25) is 19.4 Å². The Morgan fingerprint density at radius 3 is 2.95 bits per heavy atom. The fraction of sp³-hybridized carbons (Fsp3) is 0.308. The number of nitrogens with one attached hydrogen (secondary N) is 2. The zero-order valence-corrected chi connectivity index (χ0v) is 12.1. The van der Waals surface area contributed by atoms with E-state index in [1.807, 2.05) is 20.0 Å². The average molecular weight is 301 g/mol. The molecule has 9 heteroatoms. The summed E-state index contributed by atoms with van der Waals surface area (Å²) in [6.45, 7) is 4.22. The standard InChI is InChI=1S/C13H15N7O2/c1-8-3-17-19(6-8)9(2)4-14-11(21)10-5-15-13-16-7-18-20(13)12(10)22/h3,5-7,9H,4H2,1-2H3,(H,14,21)(H,15,16,18). The van der Waals surface area contributed by atoms with Crippen molar-refractivity contribution in [2.24, 2.45) is 0 Å². The van der Waals surface area contributed by atoms with Crippen molar-refractivity contribution in [1.82, 2.24) is 34.7 Å². The number of aryl methyl sites for hydroxylation is 1. The molecule has 0 saturated carbocycles. The van der Waals surface area contributed by atoms with E-state index in [0.29, 0.717) is 6.54 Å². The topological polar surface area (TPSA) is 110 Å². The zero-order valence-electron chi connectivity index (χ0n) is 12.1. The van der Waals surface area contributed by atoms with E-state index in [1.165, 1.54) is 12.5 Å². The molecule has 1 amide bonds. The lowest BCUT2D eigenvalue weighted by atomic mass is 10.3. The van der Waals surface area contributed by atoms with Gasteiger partial charge in [0.2, 0.25) is 0 Å². The Labute approximate surface area is 125 Å². The molecule has 3 rings (SSSR count). The quantitative estimate of drug-likeness (QED) is 0.700. The first-order chi connectivity index (χ1) is 10.6. The summed E-state index contributed by atoms with van der Waals surface area (Å²) in [6.07, 6.45) is 6.22. The molecular weight excluding hydrogens is 286 g/mol. The molecule has 3 aromatic heterocycles. The lowest BCUT2D eigenvalue weighted by Gasteiger charge is -2.13. The molecule has 22 heavy (non-hydrogen) atoms. The molecule has 0 fully saturated rings. The lowest BCUT2D eigenvalue weighted by Crippen LogP contribution is -2.34. The van der Waals surface area contributed by atoms with Crippen molar-refractivity contribution in [3.63, 3.8) is 0 Å². The first-order valence-corrected chi connectivity index (χ1v) is 6.76. The van der Waals surface area contributed by atoms with Gasteiger partial charge in [0.15, 0.2) is 0 Å². The highest BCUT2D eigenvalue weighted by Gasteiger charge is 2.15. The fourth-order valence-electron chi connectivity index (χ4n) is 2.06. The van der Waals surface area contributed by atoms with E-state index < -0.39 is 11.5 Å². The average Bonchev–Trinajstić information content (AvgIpc) is 3.14. The summed E-state index contributed by atoms with van der Waals surface area (Å²) in [5.74, 6) is -0.251. The summed E-state index contributed by atoms with van der Waals surface area (Å²) >= 11 is 0. The van der Waals surface area contributed by atoms with Crippen LogP contribution < -0.4 is 10.9 Å². The van der Waals surface area contributed by atoms with Crippen molar-refractivity contribution in [3.8, 4) is 0 Å². The largest absolute Gasteiger partial charge is 0.350 e. The molecule has 114 valence electrons. The van der Waals surface area contributed by atoms with Crippen LogP contribution in [0.5, 0.6) is 0 Å². The molecule has 3 aromatic rings. The van der Waals surface area contributed by atoms with Crippen LogP contribution in [-0.4, -0.2) is 41.8 Å². The number of fused-ring (bicyclic) bond motifs is 1. The number of aromatic nitrogens is 6. The normalized spacial score (nSPS) is 12.5. The molecule has 0 saturated heterocycles. The highest BCUT2D eigenvalue weighted by molar-refractivity contribution is 5.93. The highest BCUT2D eigenvalue weighted by Crippen LogP contribution is 2.04. The van der Waals surface area contributed by atoms with Crippen molar-refractivity contribution in [2.75, 3.05) is 6.54 Å². The minimum Gasteiger partial charge on any atom is -0.350 e. The third-order valence-corrected chi connectivity index (χ3v) is 3.29. The molecule has 2 N–H and O–H groups in total. The van der Waals surface area contributed by atoms with E-state index in [1.54, 1.807) is 10.9 Å². The lowest BCUT2D eigenvalue weighted by molar-refractivity contribution is 0.0945. The first-order valence-electron chi connectivity index (χ1n) is 6.76. The van der Waals surface area contributed by atoms with Gasteiger partial charge in [-0.15, -0.1) is 0 Å². The number of carbonyl (C=O) groups excluding carboxylic acids is 1. The third kappa shape index (κ3) is 2.48. The maximum atomic E-state index is 12.1. The molecular formula is C13H15N7O2. The van der Waals surface area contributed by atoms with E-state index in [-0.39, 0.29) is 17.4 Å². The Hall–Kier alpha value is -2.97. The highest BCUT2D eigenvalue weighted by atomic mass is 16.2. The van der Waals surface area contributed by atoms with Gasteiger partial charge in [-0.05, 0) is 19.4 Å². The molecule has 0 bridgehead atoms. The first kappa shape index (κ1) is 14.0. The second-order valence-electron chi connectivity index (χ2n) is 5.06. The van der Waals surface area contributed by atoms with Gasteiger partial charge in [-0.25, -0.2) is 9.97 Å². The molecule has 9 nitrogen and oxygen atoms in total. The van der Waals surface area contributed by atoms with Crippen LogP contribution in [0.2, 0.25) is 0 Å². The Morgan fingerprint density at radius 1 is 1.41 bits per heavy atom. The summed E-state index contributed by atoms with van der Waals surface area (Å²) in [5, 5.41) is 9.52. The molecule has 0 radical (unpaired) electrons. The van der Waals surface area contributed by atoms with Crippen LogP contribution in [0.15, 0.2) is 29.7 Å². The van der Waals surface area contributed by atoms with Crippen LogP contribution in [0.1, 0.15) is 28.9 Å². The van der Waals surface area contributed by atoms with Crippen molar-refractivity contribution >= 4 is 11.7 Å². The van der Waals surface area contributed by atoms with Gasteiger partial charge in [0, 0.05) is 18.9 Å². The molecule has 1 unspecified atom stereocenters. The van der Waals surface area contributed by atoms with E-state index in [4.69, 9.17) is 0 Å². The van der Waals surface area contributed by atoms with Crippen molar-refractivity contribution in [1.29, 1.82) is 0 Å². The van der Waals surface area contributed by atoms with Gasteiger partial charge < -0.3 is 5.32 Å². The molecule has 1 atom stereocenters. The number of aromatic amines is 1. The SMILES string of the molecule is Cc1cnn(C(C)CNC(=O)c2cnc3nc[nH]n3c2=O)c1. The van der Waals surface area contributed by atoms with Gasteiger partial charge in [-0.2, -0.15) is 9.61 Å². The van der Waals surface area contributed by atoms with Gasteiger partial charge in [0.05, 0.1) is 12.2 Å². The second-order valence-corrected chi connectivity index (χ2v) is 5.06. The van der Waals surface area contributed by atoms with E-state index in [2.05, 4.69) is 25.5 Å². The molecule has 0 aliphatic carbocycles. The number of carbonyl (C=O) groups is 1. The maximum Gasteiger partial charge on any atom is 0.286 e. The number of nitrogens with zero attached hydrogens (tertiary/aromatic N) is 5. The Balaban J connectivity index is 1.73. The Kier molecular flexibility index (Phi) is 3.45. The van der Waals surface area contributed by atoms with Crippen LogP contribution in [0, 0.1) is 6.92 Å². The number of H-pyrrole nitrogens is 1. The predicted molar refractivity (Wildman–Crippen MR) is 77.6 cm³/mol. The van der Waals surface area contributed by atoms with Crippen LogP contribution in [0.25, 0.3) is 5.78 Å². The van der Waals surface area contributed by atoms with E-state index in [0.717, 1.165) is 10.1 Å². The summed E-state index contributed by atoms with van der Waals surface area (Å²) in [6, 6.07) is -0.0238. The van der Waals surface area contributed by atoms with Crippen molar-refractivity contribution < 1.29 is 4.79 Å². The Morgan fingerprint density at radius 2 is 2.23 bits per heavy atom. The molecule has 3 heterocycles. The van der Waals surface area contributed by atoms with Crippen LogP contribution in [0.3, 0.4) is 0 Å². The summed E-state index contributed by atoms with van der Waals surface area (Å²) in [4.78, 5) is 32.1. The zero-order chi connectivity index (χ0) is 15.7. The summed E-state index contributed by atoms with van der Waals surface area (Å²) in [5.41, 5.74) is 0.526. The van der Waals surface area contributed by atoms with E-state index in [9.17, 15) is 9.59 Å². The van der Waals surface area contributed by atoms with Crippen LogP contribution in [-0.2, 0) is 0 Å². The minimum absolute atomic E-state index is 0.0238. The van der Waals surface area contributed by atoms with Crippen LogP contribution in [0.4, 0.5) is 0 Å².